The van der Waals surface area contributed by atoms with Crippen LogP contribution in [-0.2, 0) is 4.79 Å². The third kappa shape index (κ3) is 4.57. The van der Waals surface area contributed by atoms with Crippen molar-refractivity contribution in [1.82, 2.24) is 4.90 Å². The molecule has 0 aliphatic carbocycles. The van der Waals surface area contributed by atoms with Gasteiger partial charge < -0.3 is 16.0 Å². The van der Waals surface area contributed by atoms with Gasteiger partial charge in [0.25, 0.3) is 5.91 Å². The lowest BCUT2D eigenvalue weighted by molar-refractivity contribution is -0.112. The Bertz CT molecular complexity index is 759. The molecule has 1 aromatic rings. The minimum atomic E-state index is -0.390. The Morgan fingerprint density at radius 1 is 1.35 bits per heavy atom. The van der Waals surface area contributed by atoms with Gasteiger partial charge in [0.15, 0.2) is 0 Å². The second kappa shape index (κ2) is 7.57. The number of nitrogens with two attached hydrogens (primary N) is 1. The van der Waals surface area contributed by atoms with Crippen LogP contribution in [0.25, 0.3) is 0 Å². The molecular weight excluding hydrogens is 439 g/mol. The Kier molecular flexibility index (Phi) is 6.03. The number of hydrogen-bond acceptors (Lipinski definition) is 4. The molecule has 0 atom stereocenters. The summed E-state index contributed by atoms with van der Waals surface area (Å²) in [6.45, 7) is 10.3. The van der Waals surface area contributed by atoms with Gasteiger partial charge in [-0.15, -0.1) is 0 Å². The number of piperidine rings is 1. The van der Waals surface area contributed by atoms with Crippen molar-refractivity contribution >= 4 is 34.2 Å². The fraction of sp³-hybridized carbons (Fsp3) is 0.500. The average Bonchev–Trinajstić information content (AvgIpc) is 2.47. The molecular formula is C20H27IN4O. The molecule has 6 heteroatoms. The number of benzene rings is 1. The molecule has 0 radical (unpaired) electrons. The highest BCUT2D eigenvalue weighted by molar-refractivity contribution is 14.1. The van der Waals surface area contributed by atoms with Gasteiger partial charge in [0.2, 0.25) is 0 Å². The van der Waals surface area contributed by atoms with Crippen LogP contribution < -0.4 is 11.1 Å². The summed E-state index contributed by atoms with van der Waals surface area (Å²) in [5.41, 5.74) is 7.52. The zero-order valence-corrected chi connectivity index (χ0v) is 18.2. The van der Waals surface area contributed by atoms with Gasteiger partial charge in [0.05, 0.1) is 0 Å². The SMILES string of the molecule is Cc1cc(I)ccc1NC(=O)/C(C#N)=C\N1C(C)(C)CC(N)CC1(C)C. The van der Waals surface area contributed by atoms with Crippen molar-refractivity contribution in [1.29, 1.82) is 5.26 Å². The maximum Gasteiger partial charge on any atom is 0.267 e. The molecule has 0 aromatic heterocycles. The lowest BCUT2D eigenvalue weighted by atomic mass is 9.77. The zero-order chi connectivity index (χ0) is 19.7. The number of likely N-dealkylation sites (tertiary alicyclic amines) is 1. The van der Waals surface area contributed by atoms with E-state index in [-0.39, 0.29) is 22.7 Å². The smallest absolute Gasteiger partial charge is 0.267 e. The molecule has 0 saturated carbocycles. The van der Waals surface area contributed by atoms with E-state index in [1.165, 1.54) is 0 Å². The summed E-state index contributed by atoms with van der Waals surface area (Å²) in [5, 5.41) is 12.4. The predicted octanol–water partition coefficient (Wildman–Crippen LogP) is 3.93. The first kappa shape index (κ1) is 20.7. The van der Waals surface area contributed by atoms with Crippen molar-refractivity contribution in [2.24, 2.45) is 5.73 Å². The van der Waals surface area contributed by atoms with Gasteiger partial charge in [-0.1, -0.05) is 0 Å². The Morgan fingerprint density at radius 3 is 2.42 bits per heavy atom. The largest absolute Gasteiger partial charge is 0.366 e. The molecule has 1 saturated heterocycles. The van der Waals surface area contributed by atoms with Crippen molar-refractivity contribution in [3.8, 4) is 6.07 Å². The highest BCUT2D eigenvalue weighted by Crippen LogP contribution is 2.38. The summed E-state index contributed by atoms with van der Waals surface area (Å²) >= 11 is 2.23. The van der Waals surface area contributed by atoms with E-state index in [0.717, 1.165) is 27.7 Å². The number of nitrogens with zero attached hydrogens (tertiary/aromatic N) is 2. The number of rotatable bonds is 3. The van der Waals surface area contributed by atoms with Crippen LogP contribution in [0.3, 0.4) is 0 Å². The molecule has 3 N–H and O–H groups in total. The number of nitrogens with one attached hydrogen (secondary N) is 1. The first-order valence-corrected chi connectivity index (χ1v) is 9.78. The van der Waals surface area contributed by atoms with E-state index in [0.29, 0.717) is 0 Å². The zero-order valence-electron chi connectivity index (χ0n) is 16.1. The van der Waals surface area contributed by atoms with Crippen LogP contribution in [0.1, 0.15) is 46.1 Å². The Balaban J connectivity index is 2.31. The Morgan fingerprint density at radius 2 is 1.92 bits per heavy atom. The van der Waals surface area contributed by atoms with Gasteiger partial charge in [-0.2, -0.15) is 5.26 Å². The third-order valence-corrected chi connectivity index (χ3v) is 5.56. The van der Waals surface area contributed by atoms with Crippen molar-refractivity contribution in [3.63, 3.8) is 0 Å². The molecule has 0 unspecified atom stereocenters. The monoisotopic (exact) mass is 466 g/mol. The molecule has 0 spiro atoms. The summed E-state index contributed by atoms with van der Waals surface area (Å²) in [6.07, 6.45) is 3.32. The summed E-state index contributed by atoms with van der Waals surface area (Å²) < 4.78 is 1.10. The lowest BCUT2D eigenvalue weighted by Crippen LogP contribution is -2.61. The van der Waals surface area contributed by atoms with Gasteiger partial charge in [0.1, 0.15) is 11.6 Å². The van der Waals surface area contributed by atoms with E-state index in [1.54, 1.807) is 6.20 Å². The number of carbonyl (C=O) groups is 1. The standard InChI is InChI=1S/C20H27IN4O/c1-13-8-15(21)6-7-17(13)24-18(26)14(11-22)12-25-19(2,3)9-16(23)10-20(25,4)5/h6-8,12,16H,9-10,23H2,1-5H3,(H,24,26)/b14-12-. The molecule has 2 rings (SSSR count). The number of anilines is 1. The molecule has 26 heavy (non-hydrogen) atoms. The van der Waals surface area contributed by atoms with E-state index < -0.39 is 5.91 Å². The molecule has 140 valence electrons. The fourth-order valence-electron chi connectivity index (χ4n) is 3.95. The number of aryl methyl sites for hydroxylation is 1. The van der Waals surface area contributed by atoms with Crippen LogP contribution in [0, 0.1) is 21.8 Å². The van der Waals surface area contributed by atoms with Crippen LogP contribution in [0.4, 0.5) is 5.69 Å². The second-order valence-electron chi connectivity index (χ2n) is 8.23. The molecule has 0 bridgehead atoms. The van der Waals surface area contributed by atoms with Crippen molar-refractivity contribution < 1.29 is 4.79 Å². The second-order valence-corrected chi connectivity index (χ2v) is 9.48. The summed E-state index contributed by atoms with van der Waals surface area (Å²) in [4.78, 5) is 14.8. The highest BCUT2D eigenvalue weighted by atomic mass is 127. The molecule has 1 fully saturated rings. The maximum absolute atomic E-state index is 12.7. The van der Waals surface area contributed by atoms with E-state index >= 15 is 0 Å². The van der Waals surface area contributed by atoms with Crippen LogP contribution in [0.5, 0.6) is 0 Å². The maximum atomic E-state index is 12.7. The van der Waals surface area contributed by atoms with Crippen LogP contribution in [0.15, 0.2) is 30.0 Å². The van der Waals surface area contributed by atoms with Crippen molar-refractivity contribution in [2.75, 3.05) is 5.32 Å². The number of halogens is 1. The van der Waals surface area contributed by atoms with Crippen LogP contribution >= 0.6 is 22.6 Å². The molecule has 1 aliphatic heterocycles. The van der Waals surface area contributed by atoms with Crippen molar-refractivity contribution in [3.05, 3.63) is 39.1 Å². The summed E-state index contributed by atoms with van der Waals surface area (Å²) in [5.74, 6) is -0.390. The van der Waals surface area contributed by atoms with Gasteiger partial charge in [-0.05, 0) is 93.8 Å². The van der Waals surface area contributed by atoms with Gasteiger partial charge >= 0.3 is 0 Å². The van der Waals surface area contributed by atoms with E-state index in [2.05, 4.69) is 66.6 Å². The first-order chi connectivity index (χ1) is 12.0. The highest BCUT2D eigenvalue weighted by Gasteiger charge is 2.43. The van der Waals surface area contributed by atoms with Crippen LogP contribution in [-0.4, -0.2) is 27.9 Å². The summed E-state index contributed by atoms with van der Waals surface area (Å²) in [7, 11) is 0. The van der Waals surface area contributed by atoms with Gasteiger partial charge in [-0.3, -0.25) is 4.79 Å². The first-order valence-electron chi connectivity index (χ1n) is 8.71. The van der Waals surface area contributed by atoms with Crippen molar-refractivity contribution in [2.45, 2.75) is 64.6 Å². The fourth-order valence-corrected chi connectivity index (χ4v) is 4.59. The Labute approximate surface area is 169 Å². The van der Waals surface area contributed by atoms with E-state index in [9.17, 15) is 10.1 Å². The molecule has 1 heterocycles. The van der Waals surface area contributed by atoms with Crippen LogP contribution in [0.2, 0.25) is 0 Å². The number of hydrogen-bond donors (Lipinski definition) is 2. The Hall–Kier alpha value is -1.59. The van der Waals surface area contributed by atoms with Gasteiger partial charge in [-0.25, -0.2) is 0 Å². The molecule has 1 aliphatic rings. The van der Waals surface area contributed by atoms with E-state index in [1.807, 2.05) is 25.1 Å². The predicted molar refractivity (Wildman–Crippen MR) is 113 cm³/mol. The minimum Gasteiger partial charge on any atom is -0.366 e. The summed E-state index contributed by atoms with van der Waals surface area (Å²) in [6, 6.07) is 7.95. The number of carbonyl (C=O) groups excluding carboxylic acids is 1. The molecule has 1 amide bonds. The average molecular weight is 466 g/mol. The topological polar surface area (TPSA) is 82.2 Å². The quantitative estimate of drug-likeness (QED) is 0.402. The number of amides is 1. The normalized spacial score (nSPS) is 19.8. The third-order valence-electron chi connectivity index (χ3n) is 4.89. The molecule has 1 aromatic carbocycles. The van der Waals surface area contributed by atoms with Gasteiger partial charge in [0, 0.05) is 32.6 Å². The molecule has 5 nitrogen and oxygen atoms in total. The number of nitriles is 1. The minimum absolute atomic E-state index is 0.0968. The van der Waals surface area contributed by atoms with E-state index in [4.69, 9.17) is 5.73 Å². The lowest BCUT2D eigenvalue weighted by Gasteiger charge is -2.54.